The molecule has 13 heavy (non-hydrogen) atoms. The monoisotopic (exact) mass is 173 g/mol. The third-order valence-corrected chi connectivity index (χ3v) is 1.79. The number of rotatable bonds is 1. The maximum Gasteiger partial charge on any atom is 0.203 e. The highest BCUT2D eigenvalue weighted by Gasteiger charge is 2.00. The first-order valence-corrected chi connectivity index (χ1v) is 3.95. The molecule has 0 bridgehead atoms. The molecule has 0 aromatic heterocycles. The van der Waals surface area contributed by atoms with Gasteiger partial charge in [-0.15, -0.1) is 0 Å². The van der Waals surface area contributed by atoms with E-state index in [-0.39, 0.29) is 5.84 Å². The number of nitrogens with zero attached hydrogens (tertiary/aromatic N) is 2. The molecule has 0 aliphatic rings. The van der Waals surface area contributed by atoms with Gasteiger partial charge in [0.2, 0.25) is 5.84 Å². The highest BCUT2D eigenvalue weighted by atomic mass is 14.9. The molecule has 0 saturated heterocycles. The topological polar surface area (TPSA) is 62.2 Å². The summed E-state index contributed by atoms with van der Waals surface area (Å²) in [5.41, 5.74) is 8.18. The normalized spacial score (nSPS) is 11.0. The minimum atomic E-state index is -0.00241. The van der Waals surface area contributed by atoms with Gasteiger partial charge in [0.1, 0.15) is 6.07 Å². The Hall–Kier alpha value is -1.82. The van der Waals surface area contributed by atoms with Crippen molar-refractivity contribution in [1.82, 2.24) is 0 Å². The van der Waals surface area contributed by atoms with Crippen LogP contribution in [-0.2, 0) is 0 Å². The maximum absolute atomic E-state index is 8.47. The van der Waals surface area contributed by atoms with Crippen LogP contribution in [0.1, 0.15) is 11.1 Å². The maximum atomic E-state index is 8.47. The molecule has 0 aliphatic carbocycles. The summed E-state index contributed by atoms with van der Waals surface area (Å²) in [7, 11) is 0. The van der Waals surface area contributed by atoms with Crippen molar-refractivity contribution >= 4 is 11.5 Å². The van der Waals surface area contributed by atoms with E-state index in [4.69, 9.17) is 11.0 Å². The van der Waals surface area contributed by atoms with Crippen molar-refractivity contribution in [3.63, 3.8) is 0 Å². The highest BCUT2D eigenvalue weighted by Crippen LogP contribution is 2.22. The molecule has 0 heterocycles. The fourth-order valence-electron chi connectivity index (χ4n) is 1.13. The van der Waals surface area contributed by atoms with Gasteiger partial charge in [0.15, 0.2) is 0 Å². The van der Waals surface area contributed by atoms with Crippen molar-refractivity contribution in [3.05, 3.63) is 29.3 Å². The van der Waals surface area contributed by atoms with E-state index in [0.717, 1.165) is 16.8 Å². The molecule has 3 nitrogen and oxygen atoms in total. The first-order valence-electron chi connectivity index (χ1n) is 3.95. The lowest BCUT2D eigenvalue weighted by atomic mass is 10.1. The van der Waals surface area contributed by atoms with Gasteiger partial charge >= 0.3 is 0 Å². The van der Waals surface area contributed by atoms with Crippen molar-refractivity contribution in [3.8, 4) is 6.07 Å². The van der Waals surface area contributed by atoms with Crippen molar-refractivity contribution in [2.45, 2.75) is 13.8 Å². The average molecular weight is 173 g/mol. The van der Waals surface area contributed by atoms with Crippen LogP contribution >= 0.6 is 0 Å². The zero-order valence-corrected chi connectivity index (χ0v) is 7.70. The molecule has 1 aromatic rings. The molecule has 3 heteroatoms. The summed E-state index contributed by atoms with van der Waals surface area (Å²) in [6, 6.07) is 7.63. The first-order chi connectivity index (χ1) is 6.15. The number of benzene rings is 1. The molecule has 2 N–H and O–H groups in total. The Kier molecular flexibility index (Phi) is 2.65. The number of hydrogen-bond acceptors (Lipinski definition) is 2. The van der Waals surface area contributed by atoms with Gasteiger partial charge in [0.05, 0.1) is 5.69 Å². The predicted molar refractivity (Wildman–Crippen MR) is 52.8 cm³/mol. The van der Waals surface area contributed by atoms with Crippen LogP contribution in [0.15, 0.2) is 23.2 Å². The van der Waals surface area contributed by atoms with E-state index in [1.54, 1.807) is 6.07 Å². The number of hydrogen-bond donors (Lipinski definition) is 1. The Morgan fingerprint density at radius 2 is 1.92 bits per heavy atom. The number of para-hydroxylation sites is 1. The average Bonchev–Trinajstić information content (AvgIpc) is 2.11. The van der Waals surface area contributed by atoms with Gasteiger partial charge in [-0.05, 0) is 25.0 Å². The Balaban J connectivity index is 3.23. The Morgan fingerprint density at radius 1 is 1.38 bits per heavy atom. The molecule has 0 radical (unpaired) electrons. The summed E-state index contributed by atoms with van der Waals surface area (Å²) in [5.74, 6) is -0.00241. The summed E-state index contributed by atoms with van der Waals surface area (Å²) in [4.78, 5) is 4.01. The minimum Gasteiger partial charge on any atom is -0.375 e. The standard InChI is InChI=1S/C10H11N3/c1-7-4-3-5-8(2)10(7)13-9(12)6-11/h3-5H,1-2H3,(H2,12,13). The molecule has 1 rings (SSSR count). The smallest absolute Gasteiger partial charge is 0.203 e. The van der Waals surface area contributed by atoms with E-state index in [0.29, 0.717) is 0 Å². The molecule has 0 amide bonds. The van der Waals surface area contributed by atoms with Gasteiger partial charge in [0.25, 0.3) is 0 Å². The second kappa shape index (κ2) is 3.72. The molecular formula is C10H11N3. The number of aliphatic imine (C=N–C) groups is 1. The number of amidine groups is 1. The summed E-state index contributed by atoms with van der Waals surface area (Å²) in [6.45, 7) is 3.88. The van der Waals surface area contributed by atoms with Crippen molar-refractivity contribution in [2.24, 2.45) is 10.7 Å². The number of nitrogens with two attached hydrogens (primary N) is 1. The Bertz CT molecular complexity index is 365. The van der Waals surface area contributed by atoms with Crippen LogP contribution in [0, 0.1) is 25.2 Å². The van der Waals surface area contributed by atoms with Crippen LogP contribution in [0.3, 0.4) is 0 Å². The van der Waals surface area contributed by atoms with Gasteiger partial charge in [-0.3, -0.25) is 0 Å². The minimum absolute atomic E-state index is 0.00241. The molecule has 0 atom stereocenters. The molecule has 0 fully saturated rings. The van der Waals surface area contributed by atoms with Crippen LogP contribution < -0.4 is 5.73 Å². The summed E-state index contributed by atoms with van der Waals surface area (Å²) in [6.07, 6.45) is 0. The molecule has 0 saturated carbocycles. The number of nitriles is 1. The summed E-state index contributed by atoms with van der Waals surface area (Å²) in [5, 5.41) is 8.47. The molecular weight excluding hydrogens is 162 g/mol. The zero-order valence-electron chi connectivity index (χ0n) is 7.70. The second-order valence-corrected chi connectivity index (χ2v) is 2.85. The largest absolute Gasteiger partial charge is 0.375 e. The quantitative estimate of drug-likeness (QED) is 0.520. The van der Waals surface area contributed by atoms with Gasteiger partial charge < -0.3 is 5.73 Å². The molecule has 1 aromatic carbocycles. The SMILES string of the molecule is Cc1cccc(C)c1N=C(N)C#N. The van der Waals surface area contributed by atoms with E-state index < -0.39 is 0 Å². The third-order valence-electron chi connectivity index (χ3n) is 1.79. The fourth-order valence-corrected chi connectivity index (χ4v) is 1.13. The van der Waals surface area contributed by atoms with E-state index >= 15 is 0 Å². The van der Waals surface area contributed by atoms with E-state index in [2.05, 4.69) is 4.99 Å². The van der Waals surface area contributed by atoms with E-state index in [1.165, 1.54) is 0 Å². The van der Waals surface area contributed by atoms with E-state index in [1.807, 2.05) is 32.0 Å². The van der Waals surface area contributed by atoms with Crippen LogP contribution in [0.5, 0.6) is 0 Å². The molecule has 0 aliphatic heterocycles. The molecule has 66 valence electrons. The van der Waals surface area contributed by atoms with Gasteiger partial charge in [-0.1, -0.05) is 18.2 Å². The second-order valence-electron chi connectivity index (χ2n) is 2.85. The lowest BCUT2D eigenvalue weighted by molar-refractivity contribution is 1.32. The van der Waals surface area contributed by atoms with Gasteiger partial charge in [-0.2, -0.15) is 5.26 Å². The zero-order chi connectivity index (χ0) is 9.84. The molecule has 0 unspecified atom stereocenters. The van der Waals surface area contributed by atoms with Crippen LogP contribution in [0.25, 0.3) is 0 Å². The lowest BCUT2D eigenvalue weighted by Crippen LogP contribution is -2.07. The van der Waals surface area contributed by atoms with Crippen molar-refractivity contribution < 1.29 is 0 Å². The Labute approximate surface area is 77.5 Å². The summed E-state index contributed by atoms with van der Waals surface area (Å²) >= 11 is 0. The summed E-state index contributed by atoms with van der Waals surface area (Å²) < 4.78 is 0. The van der Waals surface area contributed by atoms with Crippen LogP contribution in [0.4, 0.5) is 5.69 Å². The fraction of sp³-hybridized carbons (Fsp3) is 0.200. The van der Waals surface area contributed by atoms with Crippen LogP contribution in [0.2, 0.25) is 0 Å². The first kappa shape index (κ1) is 9.27. The highest BCUT2D eigenvalue weighted by molar-refractivity contribution is 5.97. The molecule has 0 spiro atoms. The number of aryl methyl sites for hydroxylation is 2. The van der Waals surface area contributed by atoms with Gasteiger partial charge in [0, 0.05) is 0 Å². The van der Waals surface area contributed by atoms with Gasteiger partial charge in [-0.25, -0.2) is 4.99 Å². The van der Waals surface area contributed by atoms with E-state index in [9.17, 15) is 0 Å². The van der Waals surface area contributed by atoms with Crippen LogP contribution in [-0.4, -0.2) is 5.84 Å². The van der Waals surface area contributed by atoms with Crippen molar-refractivity contribution in [2.75, 3.05) is 0 Å². The predicted octanol–water partition coefficient (Wildman–Crippen LogP) is 1.82. The van der Waals surface area contributed by atoms with Crippen molar-refractivity contribution in [1.29, 1.82) is 5.26 Å². The third kappa shape index (κ3) is 2.06. The Morgan fingerprint density at radius 3 is 2.38 bits per heavy atom. The lowest BCUT2D eigenvalue weighted by Gasteiger charge is -2.02.